The van der Waals surface area contributed by atoms with E-state index in [4.69, 9.17) is 0 Å². The standard InChI is InChI=1S/C13H16N4OS/c1-8-6-10(19-9(8)2)7-15-13(18)11-4-5-12(14-3)17-16-11/h4-6H,7H2,1-3H3,(H,14,17)(H,15,18). The van der Waals surface area contributed by atoms with E-state index in [1.54, 1.807) is 30.5 Å². The number of anilines is 1. The Morgan fingerprint density at radius 3 is 2.63 bits per heavy atom. The third-order valence-electron chi connectivity index (χ3n) is 2.79. The maximum Gasteiger partial charge on any atom is 0.272 e. The minimum absolute atomic E-state index is 0.209. The van der Waals surface area contributed by atoms with E-state index in [0.29, 0.717) is 18.1 Å². The van der Waals surface area contributed by atoms with Crippen LogP contribution in [0, 0.1) is 13.8 Å². The zero-order valence-corrected chi connectivity index (χ0v) is 12.0. The van der Waals surface area contributed by atoms with Gasteiger partial charge in [0.2, 0.25) is 0 Å². The number of thiophene rings is 1. The normalized spacial score (nSPS) is 10.3. The van der Waals surface area contributed by atoms with Gasteiger partial charge in [-0.25, -0.2) is 0 Å². The minimum Gasteiger partial charge on any atom is -0.372 e. The first-order valence-electron chi connectivity index (χ1n) is 5.95. The summed E-state index contributed by atoms with van der Waals surface area (Å²) in [5.41, 5.74) is 1.58. The Hall–Kier alpha value is -1.95. The maximum absolute atomic E-state index is 11.9. The Morgan fingerprint density at radius 1 is 1.32 bits per heavy atom. The molecule has 0 bridgehead atoms. The summed E-state index contributed by atoms with van der Waals surface area (Å²) in [7, 11) is 1.76. The Bertz CT molecular complexity index is 557. The summed E-state index contributed by atoms with van der Waals surface area (Å²) in [5, 5.41) is 13.4. The summed E-state index contributed by atoms with van der Waals surface area (Å²) in [6.45, 7) is 4.67. The molecule has 2 N–H and O–H groups in total. The highest BCUT2D eigenvalue weighted by Gasteiger charge is 2.09. The number of nitrogens with one attached hydrogen (secondary N) is 2. The number of aromatic nitrogens is 2. The second kappa shape index (κ2) is 5.79. The molecule has 19 heavy (non-hydrogen) atoms. The summed E-state index contributed by atoms with van der Waals surface area (Å²) in [5.74, 6) is 0.430. The number of hydrogen-bond donors (Lipinski definition) is 2. The van der Waals surface area contributed by atoms with Gasteiger partial charge in [0.25, 0.3) is 5.91 Å². The van der Waals surface area contributed by atoms with Crippen molar-refractivity contribution in [3.8, 4) is 0 Å². The highest BCUT2D eigenvalue weighted by Crippen LogP contribution is 2.20. The Kier molecular flexibility index (Phi) is 4.11. The molecule has 5 nitrogen and oxygen atoms in total. The third-order valence-corrected chi connectivity index (χ3v) is 3.95. The SMILES string of the molecule is CNc1ccc(C(=O)NCc2cc(C)c(C)s2)nn1. The van der Waals surface area contributed by atoms with Crippen LogP contribution in [0.1, 0.15) is 25.8 Å². The van der Waals surface area contributed by atoms with Crippen molar-refractivity contribution in [3.63, 3.8) is 0 Å². The molecule has 2 rings (SSSR count). The van der Waals surface area contributed by atoms with Gasteiger partial charge >= 0.3 is 0 Å². The fraction of sp³-hybridized carbons (Fsp3) is 0.308. The molecule has 0 aliphatic heterocycles. The molecule has 1 amide bonds. The average Bonchev–Trinajstić information content (AvgIpc) is 2.75. The van der Waals surface area contributed by atoms with Crippen molar-refractivity contribution < 1.29 is 4.79 Å². The predicted molar refractivity (Wildman–Crippen MR) is 76.5 cm³/mol. The van der Waals surface area contributed by atoms with Crippen LogP contribution in [0.3, 0.4) is 0 Å². The van der Waals surface area contributed by atoms with Crippen molar-refractivity contribution in [2.24, 2.45) is 0 Å². The molecule has 0 aliphatic carbocycles. The lowest BCUT2D eigenvalue weighted by Crippen LogP contribution is -2.23. The van der Waals surface area contributed by atoms with E-state index in [-0.39, 0.29) is 5.91 Å². The quantitative estimate of drug-likeness (QED) is 0.897. The van der Waals surface area contributed by atoms with E-state index in [1.165, 1.54) is 10.4 Å². The number of hydrogen-bond acceptors (Lipinski definition) is 5. The molecule has 0 atom stereocenters. The minimum atomic E-state index is -0.209. The van der Waals surface area contributed by atoms with Crippen LogP contribution >= 0.6 is 11.3 Å². The second-order valence-electron chi connectivity index (χ2n) is 4.19. The largest absolute Gasteiger partial charge is 0.372 e. The summed E-state index contributed by atoms with van der Waals surface area (Å²) < 4.78 is 0. The molecule has 0 fully saturated rings. The lowest BCUT2D eigenvalue weighted by atomic mass is 10.3. The highest BCUT2D eigenvalue weighted by molar-refractivity contribution is 7.12. The van der Waals surface area contributed by atoms with Gasteiger partial charge in [0.1, 0.15) is 5.82 Å². The molecule has 0 aromatic carbocycles. The summed E-state index contributed by atoms with van der Waals surface area (Å²) >= 11 is 1.70. The van der Waals surface area contributed by atoms with Crippen molar-refractivity contribution in [1.29, 1.82) is 0 Å². The van der Waals surface area contributed by atoms with Gasteiger partial charge < -0.3 is 10.6 Å². The lowest BCUT2D eigenvalue weighted by molar-refractivity contribution is 0.0945. The van der Waals surface area contributed by atoms with Gasteiger partial charge in [-0.3, -0.25) is 4.79 Å². The first-order valence-corrected chi connectivity index (χ1v) is 6.77. The molecule has 2 heterocycles. The topological polar surface area (TPSA) is 66.9 Å². The van der Waals surface area contributed by atoms with E-state index in [2.05, 4.69) is 40.7 Å². The van der Waals surface area contributed by atoms with Crippen LogP contribution in [0.5, 0.6) is 0 Å². The molecule has 2 aromatic rings. The van der Waals surface area contributed by atoms with E-state index in [1.807, 2.05) is 0 Å². The number of nitrogens with zero attached hydrogens (tertiary/aromatic N) is 2. The van der Waals surface area contributed by atoms with Crippen LogP contribution in [-0.4, -0.2) is 23.2 Å². The lowest BCUT2D eigenvalue weighted by Gasteiger charge is -2.03. The zero-order valence-electron chi connectivity index (χ0n) is 11.2. The molecule has 0 saturated heterocycles. The van der Waals surface area contributed by atoms with E-state index in [0.717, 1.165) is 4.88 Å². The van der Waals surface area contributed by atoms with E-state index < -0.39 is 0 Å². The van der Waals surface area contributed by atoms with Gasteiger partial charge in [-0.05, 0) is 37.6 Å². The van der Waals surface area contributed by atoms with Gasteiger partial charge in [-0.2, -0.15) is 0 Å². The van der Waals surface area contributed by atoms with Crippen molar-refractivity contribution >= 4 is 23.1 Å². The molecule has 0 saturated carbocycles. The zero-order chi connectivity index (χ0) is 13.8. The van der Waals surface area contributed by atoms with Gasteiger partial charge in [0.05, 0.1) is 6.54 Å². The average molecular weight is 276 g/mol. The molecular weight excluding hydrogens is 260 g/mol. The number of carbonyl (C=O) groups excluding carboxylic acids is 1. The molecule has 2 aromatic heterocycles. The Morgan fingerprint density at radius 2 is 2.11 bits per heavy atom. The first kappa shape index (κ1) is 13.5. The fourth-order valence-corrected chi connectivity index (χ4v) is 2.57. The van der Waals surface area contributed by atoms with Crippen LogP contribution in [0.15, 0.2) is 18.2 Å². The highest BCUT2D eigenvalue weighted by atomic mass is 32.1. The van der Waals surface area contributed by atoms with Crippen LogP contribution in [0.4, 0.5) is 5.82 Å². The third kappa shape index (κ3) is 3.29. The molecule has 0 aliphatic rings. The van der Waals surface area contributed by atoms with Gasteiger partial charge in [0, 0.05) is 16.8 Å². The second-order valence-corrected chi connectivity index (χ2v) is 5.53. The van der Waals surface area contributed by atoms with Crippen molar-refractivity contribution in [2.45, 2.75) is 20.4 Å². The summed E-state index contributed by atoms with van der Waals surface area (Å²) in [6.07, 6.45) is 0. The number of amides is 1. The molecule has 6 heteroatoms. The molecular formula is C13H16N4OS. The van der Waals surface area contributed by atoms with Crippen LogP contribution in [-0.2, 0) is 6.54 Å². The molecule has 0 unspecified atom stereocenters. The first-order chi connectivity index (χ1) is 9.10. The van der Waals surface area contributed by atoms with Crippen molar-refractivity contribution in [3.05, 3.63) is 39.2 Å². The number of aryl methyl sites for hydroxylation is 2. The summed E-state index contributed by atoms with van der Waals surface area (Å²) in [6, 6.07) is 5.47. The smallest absolute Gasteiger partial charge is 0.272 e. The van der Waals surface area contributed by atoms with Crippen molar-refractivity contribution in [1.82, 2.24) is 15.5 Å². The Labute approximate surface area is 116 Å². The Balaban J connectivity index is 1.96. The molecule has 0 radical (unpaired) electrons. The maximum atomic E-state index is 11.9. The van der Waals surface area contributed by atoms with Crippen LogP contribution in [0.25, 0.3) is 0 Å². The number of carbonyl (C=O) groups is 1. The number of rotatable bonds is 4. The van der Waals surface area contributed by atoms with Crippen molar-refractivity contribution in [2.75, 3.05) is 12.4 Å². The molecule has 100 valence electrons. The monoisotopic (exact) mass is 276 g/mol. The van der Waals surface area contributed by atoms with E-state index in [9.17, 15) is 4.79 Å². The predicted octanol–water partition coefficient (Wildman–Crippen LogP) is 2.13. The van der Waals surface area contributed by atoms with Crippen LogP contribution < -0.4 is 10.6 Å². The van der Waals surface area contributed by atoms with Gasteiger partial charge in [-0.15, -0.1) is 21.5 Å². The van der Waals surface area contributed by atoms with E-state index >= 15 is 0 Å². The van der Waals surface area contributed by atoms with Crippen LogP contribution in [0.2, 0.25) is 0 Å². The van der Waals surface area contributed by atoms with Gasteiger partial charge in [-0.1, -0.05) is 0 Å². The summed E-state index contributed by atoms with van der Waals surface area (Å²) in [4.78, 5) is 14.3. The van der Waals surface area contributed by atoms with Gasteiger partial charge in [0.15, 0.2) is 5.69 Å². The molecule has 0 spiro atoms. The fourth-order valence-electron chi connectivity index (χ4n) is 1.58.